The van der Waals surface area contributed by atoms with Gasteiger partial charge in [0.2, 0.25) is 5.82 Å². The SMILES string of the molecule is COC(CCn1cc(F)c(=O)[nH]c1=O)C(O)(O)OP1OCc2ccccc2O1. The highest BCUT2D eigenvalue weighted by atomic mass is 31.2. The summed E-state index contributed by atoms with van der Waals surface area (Å²) in [5.41, 5.74) is -1.20. The van der Waals surface area contributed by atoms with Gasteiger partial charge in [0.1, 0.15) is 11.9 Å². The molecule has 1 aromatic heterocycles. The van der Waals surface area contributed by atoms with Crippen molar-refractivity contribution < 1.29 is 32.9 Å². The number of methoxy groups -OCH3 is 1. The number of para-hydroxylation sites is 1. The van der Waals surface area contributed by atoms with Gasteiger partial charge in [-0.2, -0.15) is 4.39 Å². The maximum atomic E-state index is 13.3. The maximum Gasteiger partial charge on any atom is 0.402 e. The molecule has 0 amide bonds. The second-order valence-electron chi connectivity index (χ2n) is 5.89. The summed E-state index contributed by atoms with van der Waals surface area (Å²) in [5, 5.41) is 20.5. The van der Waals surface area contributed by atoms with Crippen molar-refractivity contribution in [3.05, 3.63) is 62.7 Å². The second-order valence-corrected chi connectivity index (χ2v) is 6.96. The normalized spacial score (nSPS) is 17.6. The molecule has 152 valence electrons. The van der Waals surface area contributed by atoms with Gasteiger partial charge in [-0.05, 0) is 12.5 Å². The zero-order chi connectivity index (χ0) is 20.3. The van der Waals surface area contributed by atoms with E-state index in [4.69, 9.17) is 18.3 Å². The molecule has 1 aliphatic rings. The number of H-pyrrole nitrogens is 1. The largest absolute Gasteiger partial charge is 0.426 e. The fourth-order valence-electron chi connectivity index (χ4n) is 2.52. The van der Waals surface area contributed by atoms with Crippen LogP contribution >= 0.6 is 8.60 Å². The van der Waals surface area contributed by atoms with Gasteiger partial charge < -0.3 is 19.5 Å². The van der Waals surface area contributed by atoms with E-state index in [1.54, 1.807) is 23.2 Å². The predicted octanol–water partition coefficient (Wildman–Crippen LogP) is 0.572. The number of aryl methyl sites for hydroxylation is 1. The first-order valence-electron chi connectivity index (χ1n) is 8.15. The standard InChI is InChI=1S/C16H18FN2O8P/c1-24-13(6-7-19-8-11(17)14(20)18-15(19)21)16(22,23)27-28-25-9-10-4-2-3-5-12(10)26-28/h2-5,8,13,22-23H,6-7,9H2,1H3,(H,18,20,21). The summed E-state index contributed by atoms with van der Waals surface area (Å²) in [5.74, 6) is -3.45. The van der Waals surface area contributed by atoms with Crippen LogP contribution in [0.1, 0.15) is 12.0 Å². The van der Waals surface area contributed by atoms with Crippen LogP contribution in [-0.2, 0) is 26.9 Å². The summed E-state index contributed by atoms with van der Waals surface area (Å²) >= 11 is 0. The molecule has 3 rings (SSSR count). The average Bonchev–Trinajstić information content (AvgIpc) is 2.65. The molecule has 0 spiro atoms. The van der Waals surface area contributed by atoms with Crippen LogP contribution in [0.15, 0.2) is 40.1 Å². The molecule has 0 saturated carbocycles. The summed E-state index contributed by atoms with van der Waals surface area (Å²) in [4.78, 5) is 24.5. The number of ether oxygens (including phenoxy) is 1. The Balaban J connectivity index is 1.65. The quantitative estimate of drug-likeness (QED) is 0.441. The molecule has 2 aromatic rings. The van der Waals surface area contributed by atoms with Crippen molar-refractivity contribution in [1.82, 2.24) is 9.55 Å². The van der Waals surface area contributed by atoms with E-state index >= 15 is 0 Å². The first-order chi connectivity index (χ1) is 13.3. The molecule has 2 unspecified atom stereocenters. The summed E-state index contributed by atoms with van der Waals surface area (Å²) in [7, 11) is -0.916. The number of hydrogen-bond donors (Lipinski definition) is 3. The lowest BCUT2D eigenvalue weighted by Gasteiger charge is -2.33. The zero-order valence-corrected chi connectivity index (χ0v) is 15.6. The van der Waals surface area contributed by atoms with Crippen LogP contribution in [0.5, 0.6) is 5.75 Å². The van der Waals surface area contributed by atoms with E-state index in [0.717, 1.165) is 16.3 Å². The molecule has 1 aromatic carbocycles. The predicted molar refractivity (Wildman–Crippen MR) is 93.7 cm³/mol. The lowest BCUT2D eigenvalue weighted by atomic mass is 10.2. The van der Waals surface area contributed by atoms with Gasteiger partial charge in [0.15, 0.2) is 0 Å². The minimum Gasteiger partial charge on any atom is -0.426 e. The van der Waals surface area contributed by atoms with E-state index in [0.29, 0.717) is 5.75 Å². The van der Waals surface area contributed by atoms with Crippen LogP contribution in [-0.4, -0.2) is 39.0 Å². The van der Waals surface area contributed by atoms with E-state index in [-0.39, 0.29) is 19.6 Å². The highest BCUT2D eigenvalue weighted by Crippen LogP contribution is 2.49. The van der Waals surface area contributed by atoms with Crippen LogP contribution in [0.4, 0.5) is 4.39 Å². The molecular formula is C16H18FN2O8P. The van der Waals surface area contributed by atoms with Gasteiger partial charge in [-0.15, -0.1) is 0 Å². The molecule has 2 heterocycles. The van der Waals surface area contributed by atoms with E-state index < -0.39 is 37.7 Å². The molecule has 3 N–H and O–H groups in total. The number of nitrogens with one attached hydrogen (secondary N) is 1. The molecule has 0 fully saturated rings. The van der Waals surface area contributed by atoms with Gasteiger partial charge in [-0.25, -0.2) is 9.32 Å². The third-order valence-corrected chi connectivity index (χ3v) is 5.09. The Kier molecular flexibility index (Phi) is 6.23. The summed E-state index contributed by atoms with van der Waals surface area (Å²) in [6, 6.07) is 7.05. The number of hydrogen-bond acceptors (Lipinski definition) is 8. The zero-order valence-electron chi connectivity index (χ0n) is 14.7. The fourth-order valence-corrected chi connectivity index (χ4v) is 3.58. The molecular weight excluding hydrogens is 398 g/mol. The van der Waals surface area contributed by atoms with E-state index in [1.807, 2.05) is 6.07 Å². The highest BCUT2D eigenvalue weighted by Gasteiger charge is 2.42. The topological polar surface area (TPSA) is 132 Å². The Hall–Kier alpha value is -2.14. The van der Waals surface area contributed by atoms with Crippen molar-refractivity contribution in [3.8, 4) is 5.75 Å². The smallest absolute Gasteiger partial charge is 0.402 e. The first-order valence-corrected chi connectivity index (χ1v) is 9.24. The minimum atomic E-state index is -2.81. The lowest BCUT2D eigenvalue weighted by molar-refractivity contribution is -0.345. The Morgan fingerprint density at radius 2 is 2.14 bits per heavy atom. The van der Waals surface area contributed by atoms with Crippen molar-refractivity contribution in [2.45, 2.75) is 31.6 Å². The molecule has 2 atom stereocenters. The number of nitrogens with zero attached hydrogens (tertiary/aromatic N) is 1. The molecule has 0 bridgehead atoms. The average molecular weight is 416 g/mol. The summed E-state index contributed by atoms with van der Waals surface area (Å²) < 4.78 is 35.2. The number of halogens is 1. The second kappa shape index (κ2) is 8.48. The van der Waals surface area contributed by atoms with Gasteiger partial charge in [-0.3, -0.25) is 18.9 Å². The van der Waals surface area contributed by atoms with Gasteiger partial charge in [0.05, 0.1) is 12.8 Å². The Morgan fingerprint density at radius 3 is 2.89 bits per heavy atom. The van der Waals surface area contributed by atoms with Crippen LogP contribution < -0.4 is 15.8 Å². The van der Waals surface area contributed by atoms with Gasteiger partial charge in [-0.1, -0.05) is 18.2 Å². The van der Waals surface area contributed by atoms with Crippen molar-refractivity contribution in [1.29, 1.82) is 0 Å². The van der Waals surface area contributed by atoms with Crippen molar-refractivity contribution in [3.63, 3.8) is 0 Å². The Labute approximate surface area is 159 Å². The highest BCUT2D eigenvalue weighted by molar-refractivity contribution is 7.42. The van der Waals surface area contributed by atoms with Gasteiger partial charge in [0.25, 0.3) is 5.56 Å². The van der Waals surface area contributed by atoms with Crippen molar-refractivity contribution >= 4 is 8.60 Å². The number of aliphatic hydroxyl groups is 2. The summed E-state index contributed by atoms with van der Waals surface area (Å²) in [6.45, 7) is -0.0125. The van der Waals surface area contributed by atoms with Crippen molar-refractivity contribution in [2.24, 2.45) is 0 Å². The van der Waals surface area contributed by atoms with E-state index in [2.05, 4.69) is 0 Å². The monoisotopic (exact) mass is 416 g/mol. The molecule has 0 aliphatic carbocycles. The first kappa shape index (κ1) is 20.6. The van der Waals surface area contributed by atoms with E-state index in [1.165, 1.54) is 7.11 Å². The molecule has 1 aliphatic heterocycles. The third-order valence-electron chi connectivity index (χ3n) is 3.98. The van der Waals surface area contributed by atoms with Crippen molar-refractivity contribution in [2.75, 3.05) is 7.11 Å². The Morgan fingerprint density at radius 1 is 1.39 bits per heavy atom. The van der Waals surface area contributed by atoms with Crippen LogP contribution in [0.3, 0.4) is 0 Å². The molecule has 10 nitrogen and oxygen atoms in total. The van der Waals surface area contributed by atoms with Crippen LogP contribution in [0, 0.1) is 5.82 Å². The fraction of sp³-hybridized carbons (Fsp3) is 0.375. The number of aromatic amines is 1. The number of fused-ring (bicyclic) bond motifs is 1. The lowest BCUT2D eigenvalue weighted by Crippen LogP contribution is -2.46. The van der Waals surface area contributed by atoms with E-state index in [9.17, 15) is 24.2 Å². The van der Waals surface area contributed by atoms with Crippen LogP contribution in [0.2, 0.25) is 0 Å². The molecule has 28 heavy (non-hydrogen) atoms. The summed E-state index contributed by atoms with van der Waals surface area (Å²) in [6.07, 6.45) is -0.768. The Bertz CT molecular complexity index is 947. The molecule has 0 saturated heterocycles. The minimum absolute atomic E-state index is 0.158. The number of aromatic nitrogens is 2. The van der Waals surface area contributed by atoms with Crippen LogP contribution in [0.25, 0.3) is 0 Å². The van der Waals surface area contributed by atoms with Gasteiger partial charge >= 0.3 is 20.3 Å². The number of benzene rings is 1. The number of rotatable bonds is 7. The molecule has 12 heteroatoms. The molecule has 0 radical (unpaired) electrons. The van der Waals surface area contributed by atoms with Gasteiger partial charge in [0, 0.05) is 19.2 Å². The maximum absolute atomic E-state index is 13.3. The third kappa shape index (κ3) is 4.64.